The molecule has 1 aromatic heterocycles. The summed E-state index contributed by atoms with van der Waals surface area (Å²) in [5, 5.41) is 7.51. The van der Waals surface area contributed by atoms with Crippen LogP contribution in [0.5, 0.6) is 0 Å². The topological polar surface area (TPSA) is 59.4 Å². The molecule has 5 rings (SSSR count). The van der Waals surface area contributed by atoms with Gasteiger partial charge in [-0.2, -0.15) is 5.10 Å². The molecule has 180 valence electrons. The van der Waals surface area contributed by atoms with Gasteiger partial charge >= 0.3 is 0 Å². The van der Waals surface area contributed by atoms with Crippen molar-refractivity contribution in [2.75, 3.05) is 30.5 Å². The van der Waals surface area contributed by atoms with Crippen LogP contribution in [0.2, 0.25) is 5.02 Å². The number of nitrogens with one attached hydrogen (secondary N) is 1. The second-order valence-corrected chi connectivity index (χ2v) is 9.81. The number of hydrogen-bond acceptors (Lipinski definition) is 5. The molecule has 1 N–H and O–H groups in total. The number of para-hydroxylation sites is 1. The number of aryl methyl sites for hydroxylation is 1. The summed E-state index contributed by atoms with van der Waals surface area (Å²) in [5.41, 5.74) is 3.26. The number of nitrogens with zero attached hydrogens (tertiary/aromatic N) is 3. The Balaban J connectivity index is 0.000000376. The molecule has 1 atom stereocenters. The van der Waals surface area contributed by atoms with E-state index in [1.165, 1.54) is 43.4 Å². The molecule has 1 saturated heterocycles. The summed E-state index contributed by atoms with van der Waals surface area (Å²) in [4.78, 5) is 15.2. The van der Waals surface area contributed by atoms with Crippen LogP contribution < -0.4 is 15.8 Å². The zero-order valence-corrected chi connectivity index (χ0v) is 20.7. The molecule has 2 fully saturated rings. The summed E-state index contributed by atoms with van der Waals surface area (Å²) in [6.07, 6.45) is 12.0. The van der Waals surface area contributed by atoms with E-state index in [2.05, 4.69) is 46.5 Å². The van der Waals surface area contributed by atoms with Crippen LogP contribution in [-0.2, 0) is 11.2 Å². The first kappa shape index (κ1) is 24.1. The standard InChI is InChI=1S/C21H27ClN4O.C5H10O/c1-14-7-8-15-5-3-4-6-19(15)25(14)16-9-11-17(12-10-16)26-21(27)20(22)18(23-2)13-24-26;1-2-4-6-5-3-1/h3-6,13-14,16-17,23H,7-12H2,1-2H3;1-5H2. The van der Waals surface area contributed by atoms with E-state index in [9.17, 15) is 4.79 Å². The second-order valence-electron chi connectivity index (χ2n) is 9.43. The van der Waals surface area contributed by atoms with Gasteiger partial charge in [0.05, 0.1) is 17.9 Å². The van der Waals surface area contributed by atoms with E-state index in [0.717, 1.165) is 38.9 Å². The highest BCUT2D eigenvalue weighted by Crippen LogP contribution is 2.38. The Morgan fingerprint density at radius 3 is 2.36 bits per heavy atom. The quantitative estimate of drug-likeness (QED) is 0.643. The Morgan fingerprint density at radius 2 is 1.73 bits per heavy atom. The van der Waals surface area contributed by atoms with Gasteiger partial charge < -0.3 is 15.0 Å². The molecule has 1 aliphatic carbocycles. The fraction of sp³-hybridized carbons (Fsp3) is 0.615. The molecular formula is C26H37ClN4O2. The number of fused-ring (bicyclic) bond motifs is 1. The molecule has 3 heterocycles. The van der Waals surface area contributed by atoms with Gasteiger partial charge in [-0.25, -0.2) is 4.68 Å². The second kappa shape index (κ2) is 11.4. The zero-order chi connectivity index (χ0) is 23.2. The third kappa shape index (κ3) is 5.55. The zero-order valence-electron chi connectivity index (χ0n) is 19.9. The molecule has 6 nitrogen and oxygen atoms in total. The average molecular weight is 473 g/mol. The molecule has 0 spiro atoms. The minimum absolute atomic E-state index is 0.132. The van der Waals surface area contributed by atoms with Crippen molar-refractivity contribution in [3.8, 4) is 0 Å². The van der Waals surface area contributed by atoms with Gasteiger partial charge in [0.1, 0.15) is 5.02 Å². The first-order valence-electron chi connectivity index (χ1n) is 12.5. The molecule has 1 unspecified atom stereocenters. The van der Waals surface area contributed by atoms with Gasteiger partial charge in [0.25, 0.3) is 5.56 Å². The Bertz CT molecular complexity index is 955. The summed E-state index contributed by atoms with van der Waals surface area (Å²) < 4.78 is 6.66. The molecule has 1 aromatic carbocycles. The van der Waals surface area contributed by atoms with Crippen molar-refractivity contribution in [3.05, 3.63) is 51.4 Å². The van der Waals surface area contributed by atoms with Crippen LogP contribution in [0.25, 0.3) is 0 Å². The van der Waals surface area contributed by atoms with Crippen molar-refractivity contribution in [3.63, 3.8) is 0 Å². The minimum atomic E-state index is -0.191. The molecule has 33 heavy (non-hydrogen) atoms. The minimum Gasteiger partial charge on any atom is -0.385 e. The molecule has 2 aliphatic heterocycles. The van der Waals surface area contributed by atoms with Gasteiger partial charge in [-0.1, -0.05) is 29.8 Å². The molecular weight excluding hydrogens is 436 g/mol. The van der Waals surface area contributed by atoms with E-state index in [1.807, 2.05) is 0 Å². The number of benzene rings is 1. The predicted octanol–water partition coefficient (Wildman–Crippen LogP) is 5.45. The normalized spacial score (nSPS) is 24.9. The lowest BCUT2D eigenvalue weighted by molar-refractivity contribution is 0.0968. The number of hydrogen-bond donors (Lipinski definition) is 1. The largest absolute Gasteiger partial charge is 0.385 e. The predicted molar refractivity (Wildman–Crippen MR) is 136 cm³/mol. The number of anilines is 2. The fourth-order valence-corrected chi connectivity index (χ4v) is 5.65. The van der Waals surface area contributed by atoms with Gasteiger partial charge in [0.15, 0.2) is 0 Å². The van der Waals surface area contributed by atoms with E-state index >= 15 is 0 Å². The number of ether oxygens (including phenoxy) is 1. The third-order valence-corrected chi connectivity index (χ3v) is 7.64. The monoisotopic (exact) mass is 472 g/mol. The molecule has 3 aliphatic rings. The smallest absolute Gasteiger partial charge is 0.287 e. The van der Waals surface area contributed by atoms with Crippen LogP contribution in [0.15, 0.2) is 35.3 Å². The van der Waals surface area contributed by atoms with Crippen LogP contribution >= 0.6 is 11.6 Å². The van der Waals surface area contributed by atoms with Gasteiger partial charge in [-0.05, 0) is 76.3 Å². The number of rotatable bonds is 3. The Kier molecular flexibility index (Phi) is 8.31. The molecule has 2 aromatic rings. The van der Waals surface area contributed by atoms with Gasteiger partial charge in [0, 0.05) is 38.0 Å². The maximum absolute atomic E-state index is 12.6. The van der Waals surface area contributed by atoms with Gasteiger partial charge in [-0.15, -0.1) is 0 Å². The summed E-state index contributed by atoms with van der Waals surface area (Å²) in [6.45, 7) is 4.34. The van der Waals surface area contributed by atoms with Gasteiger partial charge in [-0.3, -0.25) is 4.79 Å². The van der Waals surface area contributed by atoms with E-state index in [4.69, 9.17) is 16.3 Å². The van der Waals surface area contributed by atoms with Crippen LogP contribution in [0.1, 0.15) is 69.9 Å². The van der Waals surface area contributed by atoms with E-state index in [-0.39, 0.29) is 16.6 Å². The Morgan fingerprint density at radius 1 is 1.03 bits per heavy atom. The summed E-state index contributed by atoms with van der Waals surface area (Å²) in [7, 11) is 1.75. The lowest BCUT2D eigenvalue weighted by atomic mass is 9.86. The number of aromatic nitrogens is 2. The first-order valence-corrected chi connectivity index (χ1v) is 12.9. The fourth-order valence-electron chi connectivity index (χ4n) is 5.42. The van der Waals surface area contributed by atoms with Crippen molar-refractivity contribution in [1.29, 1.82) is 0 Å². The van der Waals surface area contributed by atoms with Crippen LogP contribution in [-0.4, -0.2) is 42.1 Å². The maximum atomic E-state index is 12.6. The van der Waals surface area contributed by atoms with Crippen molar-refractivity contribution >= 4 is 23.0 Å². The van der Waals surface area contributed by atoms with E-state index < -0.39 is 0 Å². The van der Waals surface area contributed by atoms with Crippen molar-refractivity contribution in [2.24, 2.45) is 0 Å². The summed E-state index contributed by atoms with van der Waals surface area (Å²) >= 11 is 6.20. The van der Waals surface area contributed by atoms with Crippen molar-refractivity contribution in [2.45, 2.75) is 82.8 Å². The summed E-state index contributed by atoms with van der Waals surface area (Å²) in [5.74, 6) is 0. The number of halogens is 1. The van der Waals surface area contributed by atoms with Crippen molar-refractivity contribution in [1.82, 2.24) is 9.78 Å². The Labute approximate surface area is 202 Å². The molecule has 0 amide bonds. The van der Waals surface area contributed by atoms with Crippen LogP contribution in [0.4, 0.5) is 11.4 Å². The van der Waals surface area contributed by atoms with E-state index in [0.29, 0.717) is 17.8 Å². The highest BCUT2D eigenvalue weighted by Gasteiger charge is 2.33. The third-order valence-electron chi connectivity index (χ3n) is 7.27. The molecule has 7 heteroatoms. The highest BCUT2D eigenvalue weighted by atomic mass is 35.5. The summed E-state index contributed by atoms with van der Waals surface area (Å²) in [6, 6.07) is 10.0. The molecule has 0 radical (unpaired) electrons. The Hall–Kier alpha value is -2.05. The average Bonchev–Trinajstić information content (AvgIpc) is 2.87. The lowest BCUT2D eigenvalue weighted by Crippen LogP contribution is -2.47. The van der Waals surface area contributed by atoms with E-state index in [1.54, 1.807) is 17.9 Å². The van der Waals surface area contributed by atoms with Gasteiger partial charge in [0.2, 0.25) is 0 Å². The molecule has 0 bridgehead atoms. The van der Waals surface area contributed by atoms with Crippen molar-refractivity contribution < 1.29 is 4.74 Å². The lowest BCUT2D eigenvalue weighted by Gasteiger charge is -2.45. The maximum Gasteiger partial charge on any atom is 0.287 e. The highest BCUT2D eigenvalue weighted by molar-refractivity contribution is 6.32. The molecule has 1 saturated carbocycles. The van der Waals surface area contributed by atoms with Crippen LogP contribution in [0.3, 0.4) is 0 Å². The SMILES string of the molecule is C1CCOCC1.CNc1cnn(C2CCC(N3c4ccccc4CCC3C)CC2)c(=O)c1Cl. The first-order chi connectivity index (χ1) is 16.1. The van der Waals surface area contributed by atoms with Crippen LogP contribution in [0, 0.1) is 0 Å².